The van der Waals surface area contributed by atoms with Crippen LogP contribution < -0.4 is 15.3 Å². The van der Waals surface area contributed by atoms with E-state index in [4.69, 9.17) is 5.84 Å². The van der Waals surface area contributed by atoms with Gasteiger partial charge in [0.15, 0.2) is 0 Å². The second kappa shape index (κ2) is 8.42. The molecule has 0 radical (unpaired) electrons. The SMILES string of the molecule is CCN(/N=C(\C)c1cc(C)ccc1N(N)S(=O)(=O)C(F)(F)F)c1ccc(C)cc1. The van der Waals surface area contributed by atoms with Crippen LogP contribution in [0.1, 0.15) is 30.5 Å². The molecule has 2 N–H and O–H groups in total. The fourth-order valence-electron chi connectivity index (χ4n) is 2.64. The number of hydrazone groups is 1. The Morgan fingerprint density at radius 1 is 1.07 bits per heavy atom. The summed E-state index contributed by atoms with van der Waals surface area (Å²) in [4.78, 5) is 0. The van der Waals surface area contributed by atoms with Gasteiger partial charge in [-0.05, 0) is 52.0 Å². The molecule has 0 heterocycles. The first-order valence-electron chi connectivity index (χ1n) is 8.75. The molecule has 6 nitrogen and oxygen atoms in total. The minimum Gasteiger partial charge on any atom is -0.266 e. The Balaban J connectivity index is 2.54. The maximum atomic E-state index is 13.0. The summed E-state index contributed by atoms with van der Waals surface area (Å²) in [6.45, 7) is 7.64. The first kappa shape index (κ1) is 22.7. The lowest BCUT2D eigenvalue weighted by Crippen LogP contribution is -2.46. The predicted molar refractivity (Wildman–Crippen MR) is 109 cm³/mol. The zero-order valence-electron chi connectivity index (χ0n) is 16.5. The topological polar surface area (TPSA) is 79.0 Å². The number of anilines is 2. The quantitative estimate of drug-likeness (QED) is 0.427. The van der Waals surface area contributed by atoms with Crippen LogP contribution in [0.2, 0.25) is 0 Å². The van der Waals surface area contributed by atoms with E-state index in [-0.39, 0.29) is 15.7 Å². The molecule has 0 spiro atoms. The minimum absolute atomic E-state index is 0.186. The van der Waals surface area contributed by atoms with E-state index in [1.807, 2.05) is 38.1 Å². The fraction of sp³-hybridized carbons (Fsp3) is 0.316. The van der Waals surface area contributed by atoms with E-state index in [2.05, 4.69) is 5.10 Å². The van der Waals surface area contributed by atoms with Crippen LogP contribution in [0, 0.1) is 13.8 Å². The molecule has 0 aliphatic rings. The molecule has 0 fully saturated rings. The monoisotopic (exact) mass is 428 g/mol. The van der Waals surface area contributed by atoms with Crippen molar-refractivity contribution in [2.45, 2.75) is 33.2 Å². The number of aryl methyl sites for hydroxylation is 2. The summed E-state index contributed by atoms with van der Waals surface area (Å²) < 4.78 is 62.1. The predicted octanol–water partition coefficient (Wildman–Crippen LogP) is 4.08. The van der Waals surface area contributed by atoms with E-state index in [1.54, 1.807) is 24.9 Å². The van der Waals surface area contributed by atoms with E-state index in [0.29, 0.717) is 12.3 Å². The number of alkyl halides is 3. The molecule has 2 rings (SSSR count). The zero-order chi connectivity index (χ0) is 22.0. The number of nitrogens with two attached hydrogens (primary N) is 1. The highest BCUT2D eigenvalue weighted by Gasteiger charge is 2.50. The van der Waals surface area contributed by atoms with Gasteiger partial charge in [0.05, 0.1) is 17.1 Å². The van der Waals surface area contributed by atoms with Crippen molar-refractivity contribution in [2.75, 3.05) is 16.0 Å². The van der Waals surface area contributed by atoms with Gasteiger partial charge in [-0.1, -0.05) is 29.3 Å². The molecule has 0 atom stereocenters. The molecule has 10 heteroatoms. The van der Waals surface area contributed by atoms with Crippen LogP contribution in [-0.4, -0.2) is 26.2 Å². The van der Waals surface area contributed by atoms with Gasteiger partial charge in [0.1, 0.15) is 0 Å². The van der Waals surface area contributed by atoms with E-state index in [0.717, 1.165) is 16.8 Å². The van der Waals surface area contributed by atoms with Crippen molar-refractivity contribution >= 4 is 27.1 Å². The third kappa shape index (κ3) is 4.88. The number of sulfonamides is 1. The number of rotatable bonds is 6. The summed E-state index contributed by atoms with van der Waals surface area (Å²) >= 11 is 0. The largest absolute Gasteiger partial charge is 0.518 e. The van der Waals surface area contributed by atoms with Gasteiger partial charge >= 0.3 is 15.5 Å². The van der Waals surface area contributed by atoms with Gasteiger partial charge in [0, 0.05) is 12.1 Å². The smallest absolute Gasteiger partial charge is 0.266 e. The molecule has 0 bridgehead atoms. The highest BCUT2D eigenvalue weighted by Crippen LogP contribution is 2.31. The molecule has 0 saturated heterocycles. The van der Waals surface area contributed by atoms with Crippen molar-refractivity contribution < 1.29 is 21.6 Å². The Labute approximate surface area is 168 Å². The normalized spacial score (nSPS) is 12.8. The van der Waals surface area contributed by atoms with Gasteiger partial charge < -0.3 is 0 Å². The van der Waals surface area contributed by atoms with Crippen LogP contribution in [0.25, 0.3) is 0 Å². The van der Waals surface area contributed by atoms with Crippen molar-refractivity contribution in [1.82, 2.24) is 0 Å². The summed E-state index contributed by atoms with van der Waals surface area (Å²) in [5.74, 6) is 5.40. The third-order valence-corrected chi connectivity index (χ3v) is 5.53. The zero-order valence-corrected chi connectivity index (χ0v) is 17.3. The molecule has 0 aliphatic heterocycles. The number of nitrogens with zero attached hydrogens (tertiary/aromatic N) is 3. The molecule has 0 unspecified atom stereocenters. The number of benzene rings is 2. The fourth-order valence-corrected chi connectivity index (χ4v) is 3.28. The van der Waals surface area contributed by atoms with Crippen molar-refractivity contribution in [2.24, 2.45) is 10.9 Å². The molecule has 0 aromatic heterocycles. The Morgan fingerprint density at radius 3 is 2.14 bits per heavy atom. The van der Waals surface area contributed by atoms with Crippen molar-refractivity contribution in [3.8, 4) is 0 Å². The molecular formula is C19H23F3N4O2S. The maximum Gasteiger partial charge on any atom is 0.518 e. The highest BCUT2D eigenvalue weighted by molar-refractivity contribution is 7.93. The standard InChI is InChI=1S/C19H23F3N4O2S/c1-5-25(16-9-6-13(2)7-10-16)24-15(4)17-12-14(3)8-11-18(17)26(23)29(27,28)19(20,21)22/h6-12H,5,23H2,1-4H3/b24-15+. The van der Waals surface area contributed by atoms with Crippen LogP contribution >= 0.6 is 0 Å². The number of hydrazine groups is 1. The molecule has 2 aromatic rings. The van der Waals surface area contributed by atoms with Gasteiger partial charge in [0.2, 0.25) is 0 Å². The Hall–Kier alpha value is -2.59. The van der Waals surface area contributed by atoms with Crippen LogP contribution in [0.3, 0.4) is 0 Å². The molecule has 29 heavy (non-hydrogen) atoms. The Bertz CT molecular complexity index is 1000. The van der Waals surface area contributed by atoms with Gasteiger partial charge in [0.25, 0.3) is 0 Å². The maximum absolute atomic E-state index is 13.0. The first-order valence-corrected chi connectivity index (χ1v) is 10.2. The molecule has 0 aliphatic carbocycles. The van der Waals surface area contributed by atoms with Gasteiger partial charge in [-0.3, -0.25) is 5.01 Å². The molecular weight excluding hydrogens is 405 g/mol. The van der Waals surface area contributed by atoms with Crippen LogP contribution in [0.15, 0.2) is 47.6 Å². The van der Waals surface area contributed by atoms with E-state index < -0.39 is 15.5 Å². The third-order valence-electron chi connectivity index (χ3n) is 4.23. The van der Waals surface area contributed by atoms with Crippen molar-refractivity contribution in [1.29, 1.82) is 0 Å². The Morgan fingerprint density at radius 2 is 1.62 bits per heavy atom. The summed E-state index contributed by atoms with van der Waals surface area (Å²) in [5, 5.41) is 6.15. The number of halogens is 3. The van der Waals surface area contributed by atoms with E-state index >= 15 is 0 Å². The summed E-state index contributed by atoms with van der Waals surface area (Å²) in [6.07, 6.45) is 0. The van der Waals surface area contributed by atoms with Gasteiger partial charge in [-0.25, -0.2) is 5.84 Å². The lowest BCUT2D eigenvalue weighted by Gasteiger charge is -2.24. The first-order chi connectivity index (χ1) is 13.4. The minimum atomic E-state index is -5.75. The van der Waals surface area contributed by atoms with Crippen LogP contribution in [-0.2, 0) is 10.0 Å². The van der Waals surface area contributed by atoms with E-state index in [1.165, 1.54) is 12.1 Å². The summed E-state index contributed by atoms with van der Waals surface area (Å²) in [7, 11) is -5.75. The number of hydrogen-bond donors (Lipinski definition) is 1. The van der Waals surface area contributed by atoms with Crippen molar-refractivity contribution in [3.05, 3.63) is 59.2 Å². The lowest BCUT2D eigenvalue weighted by molar-refractivity contribution is -0.0438. The van der Waals surface area contributed by atoms with Crippen LogP contribution in [0.4, 0.5) is 24.5 Å². The molecule has 2 aromatic carbocycles. The summed E-state index contributed by atoms with van der Waals surface area (Å²) in [5.41, 5.74) is -2.75. The Kier molecular flexibility index (Phi) is 6.59. The highest BCUT2D eigenvalue weighted by atomic mass is 32.2. The summed E-state index contributed by atoms with van der Waals surface area (Å²) in [6, 6.07) is 11.8. The second-order valence-corrected chi connectivity index (χ2v) is 8.31. The molecule has 0 saturated carbocycles. The van der Waals surface area contributed by atoms with Gasteiger partial charge in [-0.15, -0.1) is 0 Å². The number of hydrogen-bond acceptors (Lipinski definition) is 5. The van der Waals surface area contributed by atoms with Crippen molar-refractivity contribution in [3.63, 3.8) is 0 Å². The van der Waals surface area contributed by atoms with Gasteiger partial charge in [-0.2, -0.15) is 31.1 Å². The average Bonchev–Trinajstić information content (AvgIpc) is 2.65. The molecule has 158 valence electrons. The second-order valence-electron chi connectivity index (χ2n) is 6.50. The van der Waals surface area contributed by atoms with Crippen LogP contribution in [0.5, 0.6) is 0 Å². The molecule has 0 amide bonds. The lowest BCUT2D eigenvalue weighted by atomic mass is 10.1. The average molecular weight is 428 g/mol. The van der Waals surface area contributed by atoms with E-state index in [9.17, 15) is 21.6 Å².